The maximum Gasteiger partial charge on any atom is 0.335 e. The van der Waals surface area contributed by atoms with Crippen molar-refractivity contribution in [1.82, 2.24) is 0 Å². The molecule has 7 nitrogen and oxygen atoms in total. The van der Waals surface area contributed by atoms with Gasteiger partial charge in [-0.3, -0.25) is 9.52 Å². The molecular formula is C13H17NO6S. The van der Waals surface area contributed by atoms with E-state index in [1.807, 2.05) is 0 Å². The lowest BCUT2D eigenvalue weighted by Gasteiger charge is -2.11. The molecule has 0 heterocycles. The lowest BCUT2D eigenvalue weighted by atomic mass is 10.1. The Kier molecular flexibility index (Phi) is 5.71. The second-order valence-corrected chi connectivity index (χ2v) is 6.28. The summed E-state index contributed by atoms with van der Waals surface area (Å²) in [5.74, 6) is -1.87. The van der Waals surface area contributed by atoms with Crippen molar-refractivity contribution in [3.05, 3.63) is 29.3 Å². The van der Waals surface area contributed by atoms with Crippen LogP contribution in [0.1, 0.15) is 28.8 Å². The minimum Gasteiger partial charge on any atom is -0.478 e. The Morgan fingerprint density at radius 3 is 2.57 bits per heavy atom. The molecule has 0 atom stereocenters. The van der Waals surface area contributed by atoms with Gasteiger partial charge in [0.05, 0.1) is 24.1 Å². The molecule has 8 heteroatoms. The van der Waals surface area contributed by atoms with Crippen LogP contribution >= 0.6 is 0 Å². The summed E-state index contributed by atoms with van der Waals surface area (Å²) in [5.41, 5.74) is 0.817. The van der Waals surface area contributed by atoms with Crippen molar-refractivity contribution < 1.29 is 27.9 Å². The fourth-order valence-electron chi connectivity index (χ4n) is 1.59. The molecule has 0 unspecified atom stereocenters. The van der Waals surface area contributed by atoms with Gasteiger partial charge in [-0.1, -0.05) is 6.07 Å². The third-order valence-corrected chi connectivity index (χ3v) is 4.13. The number of carbonyl (C=O) groups is 2. The van der Waals surface area contributed by atoms with Gasteiger partial charge >= 0.3 is 11.9 Å². The average molecular weight is 315 g/mol. The van der Waals surface area contributed by atoms with E-state index in [-0.39, 0.29) is 29.8 Å². The van der Waals surface area contributed by atoms with Gasteiger partial charge in [0.1, 0.15) is 0 Å². The largest absolute Gasteiger partial charge is 0.478 e. The first kappa shape index (κ1) is 17.0. The molecule has 1 aromatic carbocycles. The van der Waals surface area contributed by atoms with Crippen LogP contribution in [0.3, 0.4) is 0 Å². The van der Waals surface area contributed by atoms with E-state index in [9.17, 15) is 18.0 Å². The first-order chi connectivity index (χ1) is 9.75. The average Bonchev–Trinajstić information content (AvgIpc) is 2.40. The molecule has 0 spiro atoms. The quantitative estimate of drug-likeness (QED) is 0.736. The number of esters is 1. The van der Waals surface area contributed by atoms with Crippen molar-refractivity contribution >= 4 is 27.6 Å². The molecule has 0 fully saturated rings. The van der Waals surface area contributed by atoms with Gasteiger partial charge in [-0.15, -0.1) is 0 Å². The van der Waals surface area contributed by atoms with Gasteiger partial charge in [-0.05, 0) is 31.0 Å². The summed E-state index contributed by atoms with van der Waals surface area (Å²) in [6.45, 7) is 1.66. The summed E-state index contributed by atoms with van der Waals surface area (Å²) in [6.07, 6.45) is 0.130. The molecule has 2 N–H and O–H groups in total. The van der Waals surface area contributed by atoms with Crippen LogP contribution in [0, 0.1) is 6.92 Å². The van der Waals surface area contributed by atoms with Crippen LogP contribution < -0.4 is 4.72 Å². The first-order valence-electron chi connectivity index (χ1n) is 6.16. The number of rotatable bonds is 7. The number of benzene rings is 1. The van der Waals surface area contributed by atoms with Crippen molar-refractivity contribution in [3.63, 3.8) is 0 Å². The molecule has 1 aromatic rings. The van der Waals surface area contributed by atoms with E-state index < -0.39 is 22.0 Å². The fourth-order valence-corrected chi connectivity index (χ4v) is 2.77. The molecule has 116 valence electrons. The molecule has 1 rings (SSSR count). The Labute approximate surface area is 123 Å². The number of methoxy groups -OCH3 is 1. The van der Waals surface area contributed by atoms with Crippen LogP contribution in [-0.2, 0) is 19.6 Å². The number of carbonyl (C=O) groups excluding carboxylic acids is 1. The van der Waals surface area contributed by atoms with Crippen LogP contribution in [0.5, 0.6) is 0 Å². The number of nitrogens with one attached hydrogen (secondary N) is 1. The van der Waals surface area contributed by atoms with Crippen LogP contribution in [0.4, 0.5) is 5.69 Å². The smallest absolute Gasteiger partial charge is 0.335 e. The number of hydrogen-bond acceptors (Lipinski definition) is 5. The summed E-state index contributed by atoms with van der Waals surface area (Å²) in [5, 5.41) is 8.90. The van der Waals surface area contributed by atoms with Crippen molar-refractivity contribution in [1.29, 1.82) is 0 Å². The summed E-state index contributed by atoms with van der Waals surface area (Å²) in [7, 11) is -2.42. The van der Waals surface area contributed by atoms with E-state index in [2.05, 4.69) is 9.46 Å². The number of hydrogen-bond donors (Lipinski definition) is 2. The Bertz CT molecular complexity index is 638. The van der Waals surface area contributed by atoms with Gasteiger partial charge in [0.25, 0.3) is 0 Å². The number of sulfonamides is 1. The van der Waals surface area contributed by atoms with Crippen LogP contribution in [-0.4, -0.2) is 38.3 Å². The van der Waals surface area contributed by atoms with Crippen LogP contribution in [0.25, 0.3) is 0 Å². The van der Waals surface area contributed by atoms with Crippen molar-refractivity contribution in [3.8, 4) is 0 Å². The molecule has 0 aliphatic rings. The van der Waals surface area contributed by atoms with E-state index in [1.165, 1.54) is 25.3 Å². The van der Waals surface area contributed by atoms with Gasteiger partial charge in [-0.25, -0.2) is 13.2 Å². The number of carboxylic acids is 1. The van der Waals surface area contributed by atoms with Gasteiger partial charge in [0.15, 0.2) is 0 Å². The molecule has 0 saturated heterocycles. The lowest BCUT2D eigenvalue weighted by molar-refractivity contribution is -0.140. The van der Waals surface area contributed by atoms with Gasteiger partial charge in [0.2, 0.25) is 10.0 Å². The maximum atomic E-state index is 11.9. The molecule has 0 saturated carbocycles. The predicted molar refractivity (Wildman–Crippen MR) is 76.8 cm³/mol. The Morgan fingerprint density at radius 2 is 2.00 bits per heavy atom. The van der Waals surface area contributed by atoms with Gasteiger partial charge in [-0.2, -0.15) is 0 Å². The molecule has 0 aromatic heterocycles. The fraction of sp³-hybridized carbons (Fsp3) is 0.385. The van der Waals surface area contributed by atoms with Gasteiger partial charge < -0.3 is 9.84 Å². The predicted octanol–water partition coefficient (Wildman–Crippen LogP) is 1.39. The van der Waals surface area contributed by atoms with Crippen molar-refractivity contribution in [2.45, 2.75) is 19.8 Å². The number of aryl methyl sites for hydroxylation is 1. The standard InChI is InChI=1S/C13H17NO6S/c1-9-5-6-10(13(16)17)8-11(9)14-21(18,19)7-3-4-12(15)20-2/h5-6,8,14H,3-4,7H2,1-2H3,(H,16,17). The van der Waals surface area contributed by atoms with E-state index in [0.29, 0.717) is 5.56 Å². The van der Waals surface area contributed by atoms with E-state index in [0.717, 1.165) is 0 Å². The third-order valence-electron chi connectivity index (χ3n) is 2.77. The van der Waals surface area contributed by atoms with E-state index >= 15 is 0 Å². The van der Waals surface area contributed by atoms with Crippen LogP contribution in [0.2, 0.25) is 0 Å². The monoisotopic (exact) mass is 315 g/mol. The number of ether oxygens (including phenoxy) is 1. The Hall–Kier alpha value is -2.09. The second kappa shape index (κ2) is 7.07. The number of carboxylic acid groups (broad SMARTS) is 1. The summed E-state index contributed by atoms with van der Waals surface area (Å²) in [6, 6.07) is 4.18. The topological polar surface area (TPSA) is 110 Å². The highest BCUT2D eigenvalue weighted by Crippen LogP contribution is 2.18. The molecule has 0 aliphatic carbocycles. The molecule has 0 bridgehead atoms. The Morgan fingerprint density at radius 1 is 1.33 bits per heavy atom. The van der Waals surface area contributed by atoms with Gasteiger partial charge in [0, 0.05) is 6.42 Å². The number of aromatic carboxylic acids is 1. The maximum absolute atomic E-state index is 11.9. The molecule has 0 amide bonds. The van der Waals surface area contributed by atoms with Crippen molar-refractivity contribution in [2.24, 2.45) is 0 Å². The summed E-state index contributed by atoms with van der Waals surface area (Å²) >= 11 is 0. The zero-order valence-corrected chi connectivity index (χ0v) is 12.6. The minimum atomic E-state index is -3.65. The highest BCUT2D eigenvalue weighted by molar-refractivity contribution is 7.92. The lowest BCUT2D eigenvalue weighted by Crippen LogP contribution is -2.18. The summed E-state index contributed by atoms with van der Waals surface area (Å²) < 4.78 is 30.5. The zero-order valence-electron chi connectivity index (χ0n) is 11.8. The molecular weight excluding hydrogens is 298 g/mol. The first-order valence-corrected chi connectivity index (χ1v) is 7.81. The zero-order chi connectivity index (χ0) is 16.0. The highest BCUT2D eigenvalue weighted by Gasteiger charge is 2.14. The normalized spacial score (nSPS) is 11.0. The Balaban J connectivity index is 2.77. The highest BCUT2D eigenvalue weighted by atomic mass is 32.2. The van der Waals surface area contributed by atoms with E-state index in [4.69, 9.17) is 5.11 Å². The molecule has 0 radical (unpaired) electrons. The second-order valence-electron chi connectivity index (χ2n) is 4.44. The molecule has 21 heavy (non-hydrogen) atoms. The summed E-state index contributed by atoms with van der Waals surface area (Å²) in [4.78, 5) is 21.8. The van der Waals surface area contributed by atoms with Crippen LogP contribution in [0.15, 0.2) is 18.2 Å². The SMILES string of the molecule is COC(=O)CCCS(=O)(=O)Nc1cc(C(=O)O)ccc1C. The third kappa shape index (κ3) is 5.42. The number of anilines is 1. The van der Waals surface area contributed by atoms with E-state index in [1.54, 1.807) is 6.92 Å². The minimum absolute atomic E-state index is 0.00551. The van der Waals surface area contributed by atoms with Crippen molar-refractivity contribution in [2.75, 3.05) is 17.6 Å². The molecule has 0 aliphatic heterocycles.